The second-order valence-corrected chi connectivity index (χ2v) is 7.44. The fourth-order valence-corrected chi connectivity index (χ4v) is 2.62. The minimum absolute atomic E-state index is 0.0338. The normalized spacial score (nSPS) is 10.8. The van der Waals surface area contributed by atoms with Gasteiger partial charge in [0.2, 0.25) is 5.91 Å². The molecule has 3 aromatic rings. The van der Waals surface area contributed by atoms with Crippen molar-refractivity contribution in [3.63, 3.8) is 0 Å². The number of amides is 2. The number of azo groups is 1. The number of para-hydroxylation sites is 1. The van der Waals surface area contributed by atoms with E-state index >= 15 is 0 Å². The highest BCUT2D eigenvalue weighted by Crippen LogP contribution is 2.31. The van der Waals surface area contributed by atoms with Crippen LogP contribution in [0.4, 0.5) is 23.0 Å². The Kier molecular flexibility index (Phi) is 8.01. The van der Waals surface area contributed by atoms with Crippen LogP contribution in [-0.4, -0.2) is 29.3 Å². The number of esters is 1. The van der Waals surface area contributed by atoms with Gasteiger partial charge in [0.1, 0.15) is 17.2 Å². The van der Waals surface area contributed by atoms with Crippen molar-refractivity contribution < 1.29 is 19.1 Å². The molecular formula is C24H24N6O4. The number of nitrogens with one attached hydrogen (secondary N) is 2. The predicted molar refractivity (Wildman–Crippen MR) is 127 cm³/mol. The molecule has 0 saturated heterocycles. The van der Waals surface area contributed by atoms with Gasteiger partial charge in [-0.1, -0.05) is 44.2 Å². The van der Waals surface area contributed by atoms with E-state index in [0.29, 0.717) is 11.3 Å². The van der Waals surface area contributed by atoms with Crippen LogP contribution in [0.2, 0.25) is 0 Å². The molecule has 0 aliphatic heterocycles. The van der Waals surface area contributed by atoms with Crippen LogP contribution in [0.25, 0.3) is 0 Å². The van der Waals surface area contributed by atoms with Crippen molar-refractivity contribution in [2.45, 2.75) is 13.8 Å². The molecule has 0 unspecified atom stereocenters. The highest BCUT2D eigenvalue weighted by atomic mass is 16.5. The van der Waals surface area contributed by atoms with Crippen molar-refractivity contribution >= 4 is 40.8 Å². The summed E-state index contributed by atoms with van der Waals surface area (Å²) in [6.45, 7) is 3.23. The van der Waals surface area contributed by atoms with Crippen LogP contribution in [-0.2, 0) is 9.59 Å². The molecule has 10 heteroatoms. The summed E-state index contributed by atoms with van der Waals surface area (Å²) < 4.78 is 5.34. The molecular weight excluding hydrogens is 436 g/mol. The van der Waals surface area contributed by atoms with Crippen LogP contribution in [0.3, 0.4) is 0 Å². The molecule has 3 rings (SSSR count). The minimum Gasteiger partial charge on any atom is -0.424 e. The first-order valence-electron chi connectivity index (χ1n) is 10.5. The van der Waals surface area contributed by atoms with E-state index in [1.807, 2.05) is 0 Å². The molecule has 10 nitrogen and oxygen atoms in total. The number of rotatable bonds is 8. The Morgan fingerprint density at radius 2 is 1.62 bits per heavy atom. The Morgan fingerprint density at radius 1 is 0.941 bits per heavy atom. The van der Waals surface area contributed by atoms with Crippen molar-refractivity contribution in [1.29, 1.82) is 0 Å². The summed E-state index contributed by atoms with van der Waals surface area (Å²) in [5, 5.41) is 13.3. The van der Waals surface area contributed by atoms with E-state index < -0.39 is 5.91 Å². The average Bonchev–Trinajstić information content (AvgIpc) is 2.83. The van der Waals surface area contributed by atoms with Crippen molar-refractivity contribution in [2.75, 3.05) is 17.6 Å². The molecule has 0 radical (unpaired) electrons. The van der Waals surface area contributed by atoms with Crippen LogP contribution in [0.5, 0.6) is 5.75 Å². The van der Waals surface area contributed by atoms with Gasteiger partial charge in [-0.05, 0) is 36.4 Å². The molecule has 2 aromatic carbocycles. The van der Waals surface area contributed by atoms with Gasteiger partial charge in [0.05, 0.1) is 12.5 Å². The van der Waals surface area contributed by atoms with Crippen molar-refractivity contribution in [3.05, 3.63) is 72.3 Å². The fraction of sp³-hybridized carbons (Fsp3) is 0.167. The number of anilines is 2. The number of hydrogen-bond acceptors (Lipinski definition) is 8. The van der Waals surface area contributed by atoms with E-state index in [2.05, 4.69) is 25.8 Å². The van der Waals surface area contributed by atoms with Crippen molar-refractivity contribution in [1.82, 2.24) is 10.3 Å². The largest absolute Gasteiger partial charge is 0.424 e. The predicted octanol–water partition coefficient (Wildman–Crippen LogP) is 4.01. The van der Waals surface area contributed by atoms with E-state index in [4.69, 9.17) is 10.5 Å². The van der Waals surface area contributed by atoms with Gasteiger partial charge in [-0.15, -0.1) is 10.2 Å². The fourth-order valence-electron chi connectivity index (χ4n) is 2.62. The smallest absolute Gasteiger partial charge is 0.313 e. The quantitative estimate of drug-likeness (QED) is 0.263. The van der Waals surface area contributed by atoms with E-state index in [1.165, 1.54) is 12.1 Å². The van der Waals surface area contributed by atoms with Gasteiger partial charge < -0.3 is 21.1 Å². The lowest BCUT2D eigenvalue weighted by Crippen LogP contribution is -2.33. The zero-order chi connectivity index (χ0) is 24.5. The summed E-state index contributed by atoms with van der Waals surface area (Å²) in [7, 11) is 0. The monoisotopic (exact) mass is 460 g/mol. The number of ether oxygens (including phenoxy) is 1. The summed E-state index contributed by atoms with van der Waals surface area (Å²) in [6, 6.07) is 18.3. The van der Waals surface area contributed by atoms with Gasteiger partial charge in [-0.3, -0.25) is 14.4 Å². The third-order valence-corrected chi connectivity index (χ3v) is 4.43. The first-order chi connectivity index (χ1) is 16.3. The molecule has 1 aromatic heterocycles. The third kappa shape index (κ3) is 6.70. The average molecular weight is 460 g/mol. The standard InChI is InChI=1S/C24H24N6O4/c1-15(2)24(33)34-19-11-7-6-10-17(19)29-30-18-12-13-20(28-22(18)25)27-21(31)14-26-23(32)16-8-4-3-5-9-16/h3-13,15H,14H2,1-2H3,(H,26,32)(H3,25,27,28,31)/b30-29+. The highest BCUT2D eigenvalue weighted by molar-refractivity contribution is 5.99. The molecule has 0 spiro atoms. The molecule has 174 valence electrons. The topological polar surface area (TPSA) is 148 Å². The van der Waals surface area contributed by atoms with Gasteiger partial charge in [-0.25, -0.2) is 4.98 Å². The Bertz CT molecular complexity index is 1210. The molecule has 0 fully saturated rings. The lowest BCUT2D eigenvalue weighted by atomic mass is 10.2. The molecule has 0 saturated carbocycles. The Balaban J connectivity index is 1.61. The molecule has 0 atom stereocenters. The highest BCUT2D eigenvalue weighted by Gasteiger charge is 2.13. The maximum atomic E-state index is 12.1. The summed E-state index contributed by atoms with van der Waals surface area (Å²) >= 11 is 0. The van der Waals surface area contributed by atoms with Gasteiger partial charge in [0.25, 0.3) is 5.91 Å². The summed E-state index contributed by atoms with van der Waals surface area (Å²) in [5.74, 6) is -1.00. The SMILES string of the molecule is CC(C)C(=O)Oc1ccccc1/N=N/c1ccc(NC(=O)CNC(=O)c2ccccc2)nc1N. The second-order valence-electron chi connectivity index (χ2n) is 7.44. The van der Waals surface area contributed by atoms with E-state index in [9.17, 15) is 14.4 Å². The van der Waals surface area contributed by atoms with E-state index in [1.54, 1.807) is 68.4 Å². The number of nitrogens with zero attached hydrogens (tertiary/aromatic N) is 3. The number of nitrogen functional groups attached to an aromatic ring is 1. The second kappa shape index (κ2) is 11.3. The molecule has 0 bridgehead atoms. The van der Waals surface area contributed by atoms with Gasteiger partial charge in [0, 0.05) is 5.56 Å². The third-order valence-electron chi connectivity index (χ3n) is 4.43. The summed E-state index contributed by atoms with van der Waals surface area (Å²) in [5.41, 5.74) is 7.01. The molecule has 0 aliphatic carbocycles. The molecule has 0 aliphatic rings. The van der Waals surface area contributed by atoms with Crippen LogP contribution in [0, 0.1) is 5.92 Å². The zero-order valence-electron chi connectivity index (χ0n) is 18.7. The van der Waals surface area contributed by atoms with Crippen LogP contribution in [0.15, 0.2) is 77.0 Å². The minimum atomic E-state index is -0.466. The molecule has 4 N–H and O–H groups in total. The van der Waals surface area contributed by atoms with E-state index in [-0.39, 0.29) is 47.4 Å². The van der Waals surface area contributed by atoms with Gasteiger partial charge in [-0.2, -0.15) is 0 Å². The zero-order valence-corrected chi connectivity index (χ0v) is 18.7. The maximum Gasteiger partial charge on any atom is 0.313 e. The Morgan fingerprint density at radius 3 is 2.32 bits per heavy atom. The molecule has 1 heterocycles. The summed E-state index contributed by atoms with van der Waals surface area (Å²) in [4.78, 5) is 40.2. The Labute approximate surface area is 196 Å². The first kappa shape index (κ1) is 24.1. The number of nitrogens with two attached hydrogens (primary N) is 1. The number of carbonyl (C=O) groups is 3. The number of pyridine rings is 1. The van der Waals surface area contributed by atoms with Crippen molar-refractivity contribution in [2.24, 2.45) is 16.1 Å². The lowest BCUT2D eigenvalue weighted by Gasteiger charge is -2.09. The van der Waals surface area contributed by atoms with E-state index in [0.717, 1.165) is 0 Å². The Hall–Kier alpha value is -4.60. The number of carbonyl (C=O) groups excluding carboxylic acids is 3. The summed E-state index contributed by atoms with van der Waals surface area (Å²) in [6.07, 6.45) is 0. The number of hydrogen-bond donors (Lipinski definition) is 3. The van der Waals surface area contributed by atoms with Crippen LogP contribution < -0.4 is 21.1 Å². The maximum absolute atomic E-state index is 12.1. The van der Waals surface area contributed by atoms with Gasteiger partial charge >= 0.3 is 5.97 Å². The molecule has 2 amide bonds. The first-order valence-corrected chi connectivity index (χ1v) is 10.5. The molecule has 34 heavy (non-hydrogen) atoms. The number of aromatic nitrogens is 1. The lowest BCUT2D eigenvalue weighted by molar-refractivity contribution is -0.137. The number of benzene rings is 2. The van der Waals surface area contributed by atoms with Gasteiger partial charge in [0.15, 0.2) is 11.6 Å². The van der Waals surface area contributed by atoms with Crippen LogP contribution >= 0.6 is 0 Å². The van der Waals surface area contributed by atoms with Crippen LogP contribution in [0.1, 0.15) is 24.2 Å². The van der Waals surface area contributed by atoms with Crippen molar-refractivity contribution in [3.8, 4) is 5.75 Å².